The molecule has 0 aromatic heterocycles. The molecule has 0 bridgehead atoms. The number of rotatable bonds is 3. The molecule has 6 heteroatoms. The number of benzene rings is 2. The lowest BCUT2D eigenvalue weighted by Crippen LogP contribution is -2.51. The van der Waals surface area contributed by atoms with Crippen LogP contribution in [0.25, 0.3) is 0 Å². The third kappa shape index (κ3) is 3.69. The number of likely N-dealkylation sites (N-methyl/N-ethyl adjacent to an activating group) is 1. The largest absolute Gasteiger partial charge is 0.356 e. The number of morpholine rings is 1. The molecule has 2 atom stereocenters. The summed E-state index contributed by atoms with van der Waals surface area (Å²) < 4.78 is 18.7. The van der Waals surface area contributed by atoms with Crippen LogP contribution in [0.5, 0.6) is 0 Å². The maximum atomic E-state index is 13.2. The van der Waals surface area contributed by atoms with Gasteiger partial charge in [0.15, 0.2) is 6.10 Å². The lowest BCUT2D eigenvalue weighted by atomic mass is 9.97. The van der Waals surface area contributed by atoms with Crippen molar-refractivity contribution in [1.29, 1.82) is 0 Å². The Kier molecular flexibility index (Phi) is 4.81. The summed E-state index contributed by atoms with van der Waals surface area (Å²) >= 11 is 0. The molecule has 25 heavy (non-hydrogen) atoms. The zero-order valence-electron chi connectivity index (χ0n) is 14.0. The van der Waals surface area contributed by atoms with Crippen molar-refractivity contribution in [1.82, 2.24) is 4.90 Å². The Morgan fingerprint density at radius 2 is 1.80 bits per heavy atom. The molecule has 1 N–H and O–H groups in total. The van der Waals surface area contributed by atoms with Gasteiger partial charge >= 0.3 is 0 Å². The molecule has 1 saturated heterocycles. The molecule has 0 saturated carbocycles. The highest BCUT2D eigenvalue weighted by Crippen LogP contribution is 2.30. The van der Waals surface area contributed by atoms with E-state index in [1.54, 1.807) is 31.3 Å². The molecule has 0 aliphatic carbocycles. The number of carbonyl (C=O) groups excluding carboxylic acids is 2. The van der Waals surface area contributed by atoms with Crippen LogP contribution in [-0.4, -0.2) is 36.5 Å². The summed E-state index contributed by atoms with van der Waals surface area (Å²) in [6.45, 7) is 1.79. The summed E-state index contributed by atoms with van der Waals surface area (Å²) in [5.74, 6) is -0.957. The first-order valence-corrected chi connectivity index (χ1v) is 7.96. The van der Waals surface area contributed by atoms with Crippen molar-refractivity contribution in [2.75, 3.05) is 19.0 Å². The average Bonchev–Trinajstić information content (AvgIpc) is 2.60. The van der Waals surface area contributed by atoms with Gasteiger partial charge in [0.05, 0.1) is 6.04 Å². The fourth-order valence-corrected chi connectivity index (χ4v) is 2.84. The van der Waals surface area contributed by atoms with Gasteiger partial charge in [0.25, 0.3) is 5.91 Å². The van der Waals surface area contributed by atoms with E-state index >= 15 is 0 Å². The Morgan fingerprint density at radius 3 is 2.44 bits per heavy atom. The van der Waals surface area contributed by atoms with Crippen LogP contribution in [0.3, 0.4) is 0 Å². The van der Waals surface area contributed by atoms with Gasteiger partial charge < -0.3 is 15.0 Å². The van der Waals surface area contributed by atoms with Gasteiger partial charge in [0, 0.05) is 12.7 Å². The van der Waals surface area contributed by atoms with Gasteiger partial charge in [-0.05, 0) is 36.8 Å². The van der Waals surface area contributed by atoms with Gasteiger partial charge in [-0.25, -0.2) is 4.39 Å². The lowest BCUT2D eigenvalue weighted by molar-refractivity contribution is -0.160. The number of carbonyl (C=O) groups is 2. The number of anilines is 1. The van der Waals surface area contributed by atoms with E-state index in [4.69, 9.17) is 4.74 Å². The summed E-state index contributed by atoms with van der Waals surface area (Å²) in [7, 11) is 1.62. The molecule has 3 rings (SSSR count). The predicted octanol–water partition coefficient (Wildman–Crippen LogP) is 2.67. The monoisotopic (exact) mass is 342 g/mol. The molecule has 1 aliphatic rings. The van der Waals surface area contributed by atoms with Gasteiger partial charge in [-0.3, -0.25) is 9.59 Å². The van der Waals surface area contributed by atoms with E-state index in [1.165, 1.54) is 17.0 Å². The highest BCUT2D eigenvalue weighted by atomic mass is 19.1. The van der Waals surface area contributed by atoms with Gasteiger partial charge in [-0.2, -0.15) is 0 Å². The maximum Gasteiger partial charge on any atom is 0.256 e. The lowest BCUT2D eigenvalue weighted by Gasteiger charge is -2.38. The second-order valence-electron chi connectivity index (χ2n) is 6.09. The molecular weight excluding hydrogens is 323 g/mol. The third-order valence-corrected chi connectivity index (χ3v) is 4.27. The van der Waals surface area contributed by atoms with Crippen LogP contribution in [0.2, 0.25) is 0 Å². The van der Waals surface area contributed by atoms with E-state index < -0.39 is 12.1 Å². The first-order chi connectivity index (χ1) is 12.0. The fourth-order valence-electron chi connectivity index (χ4n) is 2.84. The molecule has 2 aromatic carbocycles. The molecule has 0 spiro atoms. The van der Waals surface area contributed by atoms with Gasteiger partial charge in [-0.15, -0.1) is 0 Å². The Labute approximate surface area is 145 Å². The number of ether oxygens (including phenoxy) is 1. The minimum atomic E-state index is -0.880. The summed E-state index contributed by atoms with van der Waals surface area (Å²) in [6, 6.07) is 12.5. The van der Waals surface area contributed by atoms with E-state index in [0.29, 0.717) is 11.3 Å². The Hall–Kier alpha value is -2.73. The first kappa shape index (κ1) is 17.1. The zero-order valence-corrected chi connectivity index (χ0v) is 14.0. The predicted molar refractivity (Wildman–Crippen MR) is 91.5 cm³/mol. The number of nitrogens with zero attached hydrogens (tertiary/aromatic N) is 1. The van der Waals surface area contributed by atoms with E-state index in [-0.39, 0.29) is 24.2 Å². The molecule has 2 aromatic rings. The van der Waals surface area contributed by atoms with Crippen LogP contribution in [0.1, 0.15) is 17.2 Å². The number of halogens is 1. The Bertz CT molecular complexity index is 774. The smallest absolute Gasteiger partial charge is 0.256 e. The van der Waals surface area contributed by atoms with Crippen molar-refractivity contribution < 1.29 is 18.7 Å². The maximum absolute atomic E-state index is 13.2. The van der Waals surface area contributed by atoms with Gasteiger partial charge in [-0.1, -0.05) is 29.8 Å². The molecule has 0 radical (unpaired) electrons. The highest BCUT2D eigenvalue weighted by molar-refractivity contribution is 5.96. The minimum Gasteiger partial charge on any atom is -0.356 e. The highest BCUT2D eigenvalue weighted by Gasteiger charge is 2.40. The van der Waals surface area contributed by atoms with Crippen molar-refractivity contribution in [3.8, 4) is 0 Å². The second-order valence-corrected chi connectivity index (χ2v) is 6.09. The van der Waals surface area contributed by atoms with Crippen LogP contribution < -0.4 is 5.32 Å². The number of hydrogen-bond acceptors (Lipinski definition) is 3. The van der Waals surface area contributed by atoms with E-state index in [2.05, 4.69) is 5.32 Å². The van der Waals surface area contributed by atoms with E-state index in [1.807, 2.05) is 19.1 Å². The summed E-state index contributed by atoms with van der Waals surface area (Å²) in [6.07, 6.45) is -0.880. The standard InChI is InChI=1S/C19H19FN2O3/c1-12-3-9-15(10-4-12)21-19(24)18-17(22(2)16(23)11-25-18)13-5-7-14(20)8-6-13/h3-10,17-18H,11H2,1-2H3,(H,21,24). The van der Waals surface area contributed by atoms with Crippen LogP contribution in [0.4, 0.5) is 10.1 Å². The summed E-state index contributed by atoms with van der Waals surface area (Å²) in [4.78, 5) is 26.2. The molecule has 1 aliphatic heterocycles. The van der Waals surface area contributed by atoms with Crippen molar-refractivity contribution >= 4 is 17.5 Å². The molecule has 130 valence electrons. The molecule has 1 fully saturated rings. The molecule has 1 heterocycles. The van der Waals surface area contributed by atoms with Crippen LogP contribution in [0.15, 0.2) is 48.5 Å². The second kappa shape index (κ2) is 7.03. The minimum absolute atomic E-state index is 0.166. The number of hydrogen-bond donors (Lipinski definition) is 1. The Balaban J connectivity index is 1.85. The molecule has 2 unspecified atom stereocenters. The summed E-state index contributed by atoms with van der Waals surface area (Å²) in [5, 5.41) is 2.81. The van der Waals surface area contributed by atoms with Crippen LogP contribution in [-0.2, 0) is 14.3 Å². The Morgan fingerprint density at radius 1 is 1.16 bits per heavy atom. The number of aryl methyl sites for hydroxylation is 1. The number of amides is 2. The van der Waals surface area contributed by atoms with Crippen molar-refractivity contribution in [3.63, 3.8) is 0 Å². The van der Waals surface area contributed by atoms with Crippen molar-refractivity contribution in [3.05, 3.63) is 65.5 Å². The van der Waals surface area contributed by atoms with Crippen LogP contribution in [0, 0.1) is 12.7 Å². The fraction of sp³-hybridized carbons (Fsp3) is 0.263. The van der Waals surface area contributed by atoms with Crippen molar-refractivity contribution in [2.24, 2.45) is 0 Å². The molecule has 2 amide bonds. The van der Waals surface area contributed by atoms with E-state index in [0.717, 1.165) is 5.56 Å². The first-order valence-electron chi connectivity index (χ1n) is 7.96. The van der Waals surface area contributed by atoms with Crippen molar-refractivity contribution in [2.45, 2.75) is 19.1 Å². The molecular formula is C19H19FN2O3. The average molecular weight is 342 g/mol. The van der Waals surface area contributed by atoms with Gasteiger partial charge in [0.2, 0.25) is 5.91 Å². The topological polar surface area (TPSA) is 58.6 Å². The van der Waals surface area contributed by atoms with Gasteiger partial charge in [0.1, 0.15) is 12.4 Å². The quantitative estimate of drug-likeness (QED) is 0.933. The van der Waals surface area contributed by atoms with Crippen LogP contribution >= 0.6 is 0 Å². The third-order valence-electron chi connectivity index (χ3n) is 4.27. The summed E-state index contributed by atoms with van der Waals surface area (Å²) in [5.41, 5.74) is 2.37. The SMILES string of the molecule is Cc1ccc(NC(=O)C2OCC(=O)N(C)C2c2ccc(F)cc2)cc1. The molecule has 5 nitrogen and oxygen atoms in total. The number of nitrogens with one attached hydrogen (secondary N) is 1. The normalized spacial score (nSPS) is 20.4. The van der Waals surface area contributed by atoms with E-state index in [9.17, 15) is 14.0 Å². The zero-order chi connectivity index (χ0) is 18.0.